The second kappa shape index (κ2) is 6.00. The van der Waals surface area contributed by atoms with Gasteiger partial charge in [-0.3, -0.25) is 4.79 Å². The third-order valence-electron chi connectivity index (χ3n) is 3.19. The van der Waals surface area contributed by atoms with Crippen molar-refractivity contribution >= 4 is 22.2 Å². The van der Waals surface area contributed by atoms with E-state index in [0.717, 1.165) is 18.2 Å². The minimum absolute atomic E-state index is 0.120. The third-order valence-corrected chi connectivity index (χ3v) is 3.95. The summed E-state index contributed by atoms with van der Waals surface area (Å²) in [7, 11) is 0. The molecule has 0 aliphatic heterocycles. The smallest absolute Gasteiger partial charge is 0.155 e. The highest BCUT2D eigenvalue weighted by Crippen LogP contribution is 2.30. The molecule has 1 aromatic heterocycles. The van der Waals surface area contributed by atoms with Crippen LogP contribution in [0.3, 0.4) is 0 Å². The number of halogens is 4. The fourth-order valence-corrected chi connectivity index (χ4v) is 2.74. The molecule has 1 heterocycles. The van der Waals surface area contributed by atoms with Gasteiger partial charge in [-0.25, -0.2) is 17.9 Å². The van der Waals surface area contributed by atoms with E-state index in [4.69, 9.17) is 0 Å². The summed E-state index contributed by atoms with van der Waals surface area (Å²) in [5.74, 6) is -1.96. The molecule has 23 heavy (non-hydrogen) atoms. The lowest BCUT2D eigenvalue weighted by atomic mass is 10.1. The quantitative estimate of drug-likeness (QED) is 0.625. The van der Waals surface area contributed by atoms with Gasteiger partial charge in [0.25, 0.3) is 0 Å². The predicted molar refractivity (Wildman–Crippen MR) is 82.0 cm³/mol. The molecule has 7 heteroatoms. The van der Waals surface area contributed by atoms with Crippen molar-refractivity contribution in [1.82, 2.24) is 9.78 Å². The summed E-state index contributed by atoms with van der Waals surface area (Å²) in [6.07, 6.45) is 0.537. The van der Waals surface area contributed by atoms with Crippen LogP contribution in [0.5, 0.6) is 0 Å². The maximum absolute atomic E-state index is 13.4. The Hall–Kier alpha value is -2.41. The van der Waals surface area contributed by atoms with Gasteiger partial charge in [0.2, 0.25) is 0 Å². The Labute approximate surface area is 137 Å². The maximum Gasteiger partial charge on any atom is 0.155 e. The van der Waals surface area contributed by atoms with E-state index in [2.05, 4.69) is 21.0 Å². The lowest BCUT2D eigenvalue weighted by Gasteiger charge is -2.02. The van der Waals surface area contributed by atoms with Crippen LogP contribution in [0.15, 0.2) is 47.1 Å². The Balaban J connectivity index is 2.20. The molecule has 0 unspecified atom stereocenters. The number of aromatic nitrogens is 2. The van der Waals surface area contributed by atoms with Crippen LogP contribution in [-0.2, 0) is 0 Å². The van der Waals surface area contributed by atoms with Crippen LogP contribution < -0.4 is 0 Å². The standard InChI is InChI=1S/C16H8BrF3N2O/c17-16-14(8-23)15(9-5-11(19)7-12(20)6-9)21-22(16)13-3-1-10(18)2-4-13/h1-8H. The summed E-state index contributed by atoms with van der Waals surface area (Å²) in [6.45, 7) is 0. The first-order chi connectivity index (χ1) is 11.0. The molecule has 3 aromatic rings. The van der Waals surface area contributed by atoms with Gasteiger partial charge in [-0.1, -0.05) is 0 Å². The van der Waals surface area contributed by atoms with Crippen LogP contribution in [0.1, 0.15) is 10.4 Å². The van der Waals surface area contributed by atoms with Crippen LogP contribution in [0.4, 0.5) is 13.2 Å². The van der Waals surface area contributed by atoms with Gasteiger partial charge in [0.1, 0.15) is 27.7 Å². The van der Waals surface area contributed by atoms with E-state index in [0.29, 0.717) is 16.6 Å². The first kappa shape index (κ1) is 15.5. The average Bonchev–Trinajstić information content (AvgIpc) is 2.84. The van der Waals surface area contributed by atoms with Gasteiger partial charge in [-0.2, -0.15) is 5.10 Å². The largest absolute Gasteiger partial charge is 0.298 e. The lowest BCUT2D eigenvalue weighted by molar-refractivity contribution is 0.112. The van der Waals surface area contributed by atoms with Crippen LogP contribution in [0, 0.1) is 17.5 Å². The van der Waals surface area contributed by atoms with Crippen molar-refractivity contribution in [2.24, 2.45) is 0 Å². The molecule has 116 valence electrons. The molecule has 0 aliphatic carbocycles. The number of hydrogen-bond acceptors (Lipinski definition) is 2. The number of carbonyl (C=O) groups excluding carboxylic acids is 1. The zero-order valence-corrected chi connectivity index (χ0v) is 13.0. The highest BCUT2D eigenvalue weighted by molar-refractivity contribution is 9.10. The second-order valence-electron chi connectivity index (χ2n) is 4.72. The number of nitrogens with zero attached hydrogens (tertiary/aromatic N) is 2. The molecule has 0 amide bonds. The van der Waals surface area contributed by atoms with E-state index in [9.17, 15) is 18.0 Å². The molecule has 0 radical (unpaired) electrons. The summed E-state index contributed by atoms with van der Waals surface area (Å²) in [5.41, 5.74) is 0.879. The predicted octanol–water partition coefficient (Wildman–Crippen LogP) is 4.53. The van der Waals surface area contributed by atoms with Gasteiger partial charge in [0.05, 0.1) is 11.3 Å². The number of aldehydes is 1. The molecule has 0 bridgehead atoms. The number of carbonyl (C=O) groups is 1. The second-order valence-corrected chi connectivity index (χ2v) is 5.47. The fourth-order valence-electron chi connectivity index (χ4n) is 2.17. The topological polar surface area (TPSA) is 34.9 Å². The fraction of sp³-hybridized carbons (Fsp3) is 0. The van der Waals surface area contributed by atoms with Gasteiger partial charge in [0.15, 0.2) is 6.29 Å². The zero-order valence-electron chi connectivity index (χ0n) is 11.4. The van der Waals surface area contributed by atoms with E-state index >= 15 is 0 Å². The Morgan fingerprint density at radius 1 is 0.957 bits per heavy atom. The molecule has 0 spiro atoms. The highest BCUT2D eigenvalue weighted by atomic mass is 79.9. The minimum Gasteiger partial charge on any atom is -0.298 e. The van der Waals surface area contributed by atoms with Crippen LogP contribution in [0.25, 0.3) is 16.9 Å². The molecule has 0 N–H and O–H groups in total. The SMILES string of the molecule is O=Cc1c(-c2cc(F)cc(F)c2)nn(-c2ccc(F)cc2)c1Br. The molecular formula is C16H8BrF3N2O. The van der Waals surface area contributed by atoms with Gasteiger partial charge >= 0.3 is 0 Å². The Kier molecular flexibility index (Phi) is 4.04. The third kappa shape index (κ3) is 2.92. The Morgan fingerprint density at radius 3 is 2.13 bits per heavy atom. The zero-order chi connectivity index (χ0) is 16.6. The molecule has 3 rings (SSSR count). The summed E-state index contributed by atoms with van der Waals surface area (Å²) in [5, 5.41) is 4.22. The van der Waals surface area contributed by atoms with E-state index in [1.807, 2.05) is 0 Å². The number of rotatable bonds is 3. The Bertz CT molecular complexity index is 871. The van der Waals surface area contributed by atoms with E-state index in [1.54, 1.807) is 0 Å². The molecule has 0 fully saturated rings. The molecule has 3 nitrogen and oxygen atoms in total. The van der Waals surface area contributed by atoms with Crippen molar-refractivity contribution < 1.29 is 18.0 Å². The highest BCUT2D eigenvalue weighted by Gasteiger charge is 2.19. The molecule has 0 saturated heterocycles. The van der Waals surface area contributed by atoms with Crippen LogP contribution in [-0.4, -0.2) is 16.1 Å². The van der Waals surface area contributed by atoms with Crippen molar-refractivity contribution in [3.8, 4) is 16.9 Å². The molecule has 0 atom stereocenters. The van der Waals surface area contributed by atoms with Crippen molar-refractivity contribution in [2.45, 2.75) is 0 Å². The van der Waals surface area contributed by atoms with Crippen molar-refractivity contribution in [3.63, 3.8) is 0 Å². The van der Waals surface area contributed by atoms with Crippen molar-refractivity contribution in [3.05, 3.63) is 70.1 Å². The van der Waals surface area contributed by atoms with E-state index < -0.39 is 17.5 Å². The van der Waals surface area contributed by atoms with Crippen LogP contribution in [0.2, 0.25) is 0 Å². The minimum atomic E-state index is -0.774. The van der Waals surface area contributed by atoms with Gasteiger partial charge in [-0.15, -0.1) is 0 Å². The number of hydrogen-bond donors (Lipinski definition) is 0. The molecule has 0 saturated carbocycles. The Morgan fingerprint density at radius 2 is 1.57 bits per heavy atom. The molecular weight excluding hydrogens is 373 g/mol. The van der Waals surface area contributed by atoms with Gasteiger partial charge in [-0.05, 0) is 52.3 Å². The maximum atomic E-state index is 13.4. The molecule has 2 aromatic carbocycles. The summed E-state index contributed by atoms with van der Waals surface area (Å²) in [6, 6.07) is 8.32. The average molecular weight is 381 g/mol. The van der Waals surface area contributed by atoms with Gasteiger partial charge < -0.3 is 0 Å². The summed E-state index contributed by atoms with van der Waals surface area (Å²) < 4.78 is 41.5. The van der Waals surface area contributed by atoms with E-state index in [1.165, 1.54) is 28.9 Å². The van der Waals surface area contributed by atoms with E-state index in [-0.39, 0.29) is 16.8 Å². The molecule has 0 aliphatic rings. The summed E-state index contributed by atoms with van der Waals surface area (Å²) >= 11 is 3.24. The first-order valence-electron chi connectivity index (χ1n) is 6.45. The lowest BCUT2D eigenvalue weighted by Crippen LogP contribution is -1.97. The first-order valence-corrected chi connectivity index (χ1v) is 7.25. The van der Waals surface area contributed by atoms with Crippen LogP contribution >= 0.6 is 15.9 Å². The van der Waals surface area contributed by atoms with Crippen molar-refractivity contribution in [2.75, 3.05) is 0 Å². The summed E-state index contributed by atoms with van der Waals surface area (Å²) in [4.78, 5) is 11.4. The monoisotopic (exact) mass is 380 g/mol. The van der Waals surface area contributed by atoms with Gasteiger partial charge in [0, 0.05) is 11.6 Å². The normalized spacial score (nSPS) is 10.8. The number of benzene rings is 2. The van der Waals surface area contributed by atoms with Crippen molar-refractivity contribution in [1.29, 1.82) is 0 Å².